The smallest absolute Gasteiger partial charge is 0.174 e. The lowest BCUT2D eigenvalue weighted by Gasteiger charge is -2.41. The third-order valence-corrected chi connectivity index (χ3v) is 6.54. The number of carbonyl (C=O) groups is 1. The number of phenolic OH excluding ortho intramolecular Hbond substituents is 2. The third-order valence-electron chi connectivity index (χ3n) is 6.54. The standard InChI is InChI=1S/C25H28O6/c1-24(2)9-7-14-21(30-24)15-8-10-25(3,4)31-23(15)20-18(28)12-19(29-22(14)20)13-5-6-16(26)17(27)11-13/h5-6,11,19,26-27H,7-10,12H2,1-4H3/t19-/m1/s1. The number of ether oxygens (including phenoxy) is 3. The first-order chi connectivity index (χ1) is 14.5. The Hall–Kier alpha value is -2.89. The molecule has 164 valence electrons. The molecule has 3 aliphatic heterocycles. The fourth-order valence-corrected chi connectivity index (χ4v) is 4.75. The predicted octanol–water partition coefficient (Wildman–Crippen LogP) is 5.01. The van der Waals surface area contributed by atoms with E-state index in [1.807, 2.05) is 13.8 Å². The maximum Gasteiger partial charge on any atom is 0.174 e. The van der Waals surface area contributed by atoms with Crippen molar-refractivity contribution in [1.82, 2.24) is 0 Å². The second-order valence-electron chi connectivity index (χ2n) is 10.0. The minimum absolute atomic E-state index is 0.0413. The maximum absolute atomic E-state index is 13.4. The molecule has 0 fully saturated rings. The van der Waals surface area contributed by atoms with Crippen molar-refractivity contribution in [1.29, 1.82) is 0 Å². The molecule has 2 aromatic carbocycles. The van der Waals surface area contributed by atoms with Gasteiger partial charge in [0, 0.05) is 11.1 Å². The van der Waals surface area contributed by atoms with Crippen LogP contribution in [0.2, 0.25) is 0 Å². The van der Waals surface area contributed by atoms with Crippen molar-refractivity contribution in [3.05, 3.63) is 40.5 Å². The molecule has 0 saturated carbocycles. The van der Waals surface area contributed by atoms with Crippen LogP contribution in [0, 0.1) is 0 Å². The topological polar surface area (TPSA) is 85.2 Å². The molecule has 3 aliphatic rings. The van der Waals surface area contributed by atoms with Gasteiger partial charge in [-0.15, -0.1) is 0 Å². The van der Waals surface area contributed by atoms with Crippen molar-refractivity contribution in [3.63, 3.8) is 0 Å². The lowest BCUT2D eigenvalue weighted by molar-refractivity contribution is 0.0582. The number of fused-ring (bicyclic) bond motifs is 6. The molecule has 31 heavy (non-hydrogen) atoms. The summed E-state index contributed by atoms with van der Waals surface area (Å²) in [6, 6.07) is 4.53. The van der Waals surface area contributed by atoms with Gasteiger partial charge in [-0.05, 0) is 71.1 Å². The Morgan fingerprint density at radius 1 is 0.871 bits per heavy atom. The monoisotopic (exact) mass is 424 g/mol. The second kappa shape index (κ2) is 6.55. The summed E-state index contributed by atoms with van der Waals surface area (Å²) in [5.74, 6) is 1.45. The highest BCUT2D eigenvalue weighted by molar-refractivity contribution is 6.04. The van der Waals surface area contributed by atoms with Gasteiger partial charge in [0.05, 0.1) is 6.42 Å². The van der Waals surface area contributed by atoms with E-state index in [1.165, 1.54) is 12.1 Å². The van der Waals surface area contributed by atoms with E-state index >= 15 is 0 Å². The van der Waals surface area contributed by atoms with E-state index in [0.717, 1.165) is 42.6 Å². The van der Waals surface area contributed by atoms with Crippen LogP contribution in [0.25, 0.3) is 0 Å². The molecule has 2 aromatic rings. The molecule has 0 amide bonds. The van der Waals surface area contributed by atoms with Crippen LogP contribution >= 0.6 is 0 Å². The number of hydrogen-bond acceptors (Lipinski definition) is 6. The summed E-state index contributed by atoms with van der Waals surface area (Å²) in [5.41, 5.74) is 2.38. The summed E-state index contributed by atoms with van der Waals surface area (Å²) in [7, 11) is 0. The highest BCUT2D eigenvalue weighted by atomic mass is 16.5. The van der Waals surface area contributed by atoms with E-state index in [4.69, 9.17) is 14.2 Å². The van der Waals surface area contributed by atoms with Gasteiger partial charge in [0.1, 0.15) is 40.1 Å². The summed E-state index contributed by atoms with van der Waals surface area (Å²) in [5, 5.41) is 19.6. The van der Waals surface area contributed by atoms with Gasteiger partial charge in [-0.25, -0.2) is 0 Å². The van der Waals surface area contributed by atoms with Gasteiger partial charge < -0.3 is 24.4 Å². The predicted molar refractivity (Wildman–Crippen MR) is 115 cm³/mol. The van der Waals surface area contributed by atoms with Gasteiger partial charge in [-0.1, -0.05) is 6.07 Å². The molecule has 0 unspecified atom stereocenters. The van der Waals surface area contributed by atoms with E-state index in [-0.39, 0.29) is 34.9 Å². The van der Waals surface area contributed by atoms with Crippen LogP contribution in [0.4, 0.5) is 0 Å². The molecule has 0 radical (unpaired) electrons. The molecule has 0 bridgehead atoms. The van der Waals surface area contributed by atoms with Crippen LogP contribution in [0.3, 0.4) is 0 Å². The zero-order chi connectivity index (χ0) is 22.1. The van der Waals surface area contributed by atoms with Crippen molar-refractivity contribution >= 4 is 5.78 Å². The molecule has 2 N–H and O–H groups in total. The average molecular weight is 424 g/mol. The second-order valence-corrected chi connectivity index (χ2v) is 10.0. The molecular weight excluding hydrogens is 396 g/mol. The first kappa shape index (κ1) is 20.0. The number of hydrogen-bond donors (Lipinski definition) is 2. The Morgan fingerprint density at radius 3 is 2.13 bits per heavy atom. The van der Waals surface area contributed by atoms with Gasteiger partial charge >= 0.3 is 0 Å². The minimum atomic E-state index is -0.555. The third kappa shape index (κ3) is 3.29. The van der Waals surface area contributed by atoms with Crippen molar-refractivity contribution in [2.75, 3.05) is 0 Å². The fraction of sp³-hybridized carbons (Fsp3) is 0.480. The molecule has 0 spiro atoms. The molecule has 0 aromatic heterocycles. The summed E-state index contributed by atoms with van der Waals surface area (Å²) in [6.45, 7) is 8.21. The Kier molecular flexibility index (Phi) is 4.24. The van der Waals surface area contributed by atoms with E-state index in [9.17, 15) is 15.0 Å². The van der Waals surface area contributed by atoms with Crippen molar-refractivity contribution < 1.29 is 29.2 Å². The number of phenols is 2. The van der Waals surface area contributed by atoms with Gasteiger partial charge in [-0.2, -0.15) is 0 Å². The molecule has 6 heteroatoms. The van der Waals surface area contributed by atoms with E-state index in [2.05, 4.69) is 13.8 Å². The van der Waals surface area contributed by atoms with Gasteiger partial charge in [0.25, 0.3) is 0 Å². The molecule has 3 heterocycles. The maximum atomic E-state index is 13.4. The fourth-order valence-electron chi connectivity index (χ4n) is 4.75. The van der Waals surface area contributed by atoms with Crippen LogP contribution in [-0.4, -0.2) is 27.2 Å². The van der Waals surface area contributed by atoms with Crippen LogP contribution in [0.5, 0.6) is 28.7 Å². The van der Waals surface area contributed by atoms with Crippen molar-refractivity contribution in [3.8, 4) is 28.7 Å². The summed E-state index contributed by atoms with van der Waals surface area (Å²) >= 11 is 0. The lowest BCUT2D eigenvalue weighted by Crippen LogP contribution is -2.38. The number of benzene rings is 2. The van der Waals surface area contributed by atoms with Crippen LogP contribution < -0.4 is 14.2 Å². The minimum Gasteiger partial charge on any atom is -0.504 e. The first-order valence-corrected chi connectivity index (χ1v) is 10.9. The van der Waals surface area contributed by atoms with Crippen LogP contribution in [-0.2, 0) is 12.8 Å². The van der Waals surface area contributed by atoms with Crippen molar-refractivity contribution in [2.24, 2.45) is 0 Å². The van der Waals surface area contributed by atoms with Gasteiger partial charge in [0.15, 0.2) is 17.3 Å². The number of rotatable bonds is 1. The van der Waals surface area contributed by atoms with E-state index < -0.39 is 6.10 Å². The number of carbonyl (C=O) groups excluding carboxylic acids is 1. The van der Waals surface area contributed by atoms with Crippen LogP contribution in [0.1, 0.15) is 80.1 Å². The SMILES string of the molecule is CC1(C)CCc2c(c3c(c4c2O[C@@H](c2ccc(O)c(O)c2)CC4=O)OC(C)(C)CC3)O1. The zero-order valence-corrected chi connectivity index (χ0v) is 18.4. The largest absolute Gasteiger partial charge is 0.504 e. The first-order valence-electron chi connectivity index (χ1n) is 10.9. The summed E-state index contributed by atoms with van der Waals surface area (Å²) in [4.78, 5) is 13.4. The lowest BCUT2D eigenvalue weighted by atomic mass is 9.83. The van der Waals surface area contributed by atoms with E-state index in [1.54, 1.807) is 6.07 Å². The Morgan fingerprint density at radius 2 is 1.48 bits per heavy atom. The Balaban J connectivity index is 1.67. The quantitative estimate of drug-likeness (QED) is 0.626. The highest BCUT2D eigenvalue weighted by Crippen LogP contribution is 2.54. The van der Waals surface area contributed by atoms with E-state index in [0.29, 0.717) is 22.6 Å². The average Bonchev–Trinajstić information content (AvgIpc) is 2.68. The molecule has 5 rings (SSSR count). The molecule has 1 atom stereocenters. The highest BCUT2D eigenvalue weighted by Gasteiger charge is 2.43. The molecule has 0 saturated heterocycles. The summed E-state index contributed by atoms with van der Waals surface area (Å²) < 4.78 is 19.2. The van der Waals surface area contributed by atoms with Gasteiger partial charge in [0.2, 0.25) is 0 Å². The van der Waals surface area contributed by atoms with Gasteiger partial charge in [-0.3, -0.25) is 4.79 Å². The number of aromatic hydroxyl groups is 2. The zero-order valence-electron chi connectivity index (χ0n) is 18.4. The molecule has 0 aliphatic carbocycles. The summed E-state index contributed by atoms with van der Waals surface area (Å²) in [6.07, 6.45) is 2.79. The molecular formula is C25H28O6. The normalized spacial score (nSPS) is 22.8. The van der Waals surface area contributed by atoms with Crippen molar-refractivity contribution in [2.45, 2.75) is 77.1 Å². The number of ketones is 1. The number of Topliss-reactive ketones (excluding diaryl/α,β-unsaturated/α-hetero) is 1. The Labute approximate surface area is 181 Å². The van der Waals surface area contributed by atoms with Crippen LogP contribution in [0.15, 0.2) is 18.2 Å². The Bertz CT molecular complexity index is 1100. The molecule has 6 nitrogen and oxygen atoms in total.